The Hall–Kier alpha value is -0.250. The van der Waals surface area contributed by atoms with Crippen molar-refractivity contribution < 1.29 is 9.90 Å². The first-order valence-corrected chi connectivity index (χ1v) is 5.43. The first-order chi connectivity index (χ1) is 5.75. The van der Waals surface area contributed by atoms with Crippen LogP contribution in [0.25, 0.3) is 0 Å². The van der Waals surface area contributed by atoms with E-state index < -0.39 is 6.09 Å². The average molecular weight is 236 g/mol. The third kappa shape index (κ3) is 2.37. The van der Waals surface area contributed by atoms with Crippen LogP contribution in [0.1, 0.15) is 32.1 Å². The van der Waals surface area contributed by atoms with E-state index in [9.17, 15) is 4.79 Å². The summed E-state index contributed by atoms with van der Waals surface area (Å²) in [6, 6.07) is 0.246. The number of hydrogen-bond acceptors (Lipinski definition) is 1. The Morgan fingerprint density at radius 3 is 2.42 bits per heavy atom. The highest BCUT2D eigenvalue weighted by atomic mass is 79.9. The summed E-state index contributed by atoms with van der Waals surface area (Å²) < 4.78 is 0. The van der Waals surface area contributed by atoms with Gasteiger partial charge in [0.15, 0.2) is 0 Å². The van der Waals surface area contributed by atoms with E-state index in [1.807, 2.05) is 0 Å². The summed E-state index contributed by atoms with van der Waals surface area (Å²) in [5.74, 6) is 0. The number of alkyl halides is 1. The normalized spacial score (nSPS) is 19.1. The van der Waals surface area contributed by atoms with Gasteiger partial charge in [0.05, 0.1) is 5.45 Å². The molecule has 4 heteroatoms. The molecule has 0 aromatic heterocycles. The first kappa shape index (κ1) is 9.84. The number of halogens is 1. The molecule has 0 aliphatic heterocycles. The zero-order valence-electron chi connectivity index (χ0n) is 7.00. The van der Waals surface area contributed by atoms with Crippen molar-refractivity contribution in [3.63, 3.8) is 0 Å². The molecule has 0 aromatic rings. The second kappa shape index (κ2) is 4.70. The van der Waals surface area contributed by atoms with Crippen molar-refractivity contribution >= 4 is 22.0 Å². The molecule has 70 valence electrons. The van der Waals surface area contributed by atoms with Crippen molar-refractivity contribution in [3.05, 3.63) is 0 Å². The van der Waals surface area contributed by atoms with Crippen LogP contribution in [0.4, 0.5) is 4.79 Å². The van der Waals surface area contributed by atoms with Gasteiger partial charge in [-0.25, -0.2) is 4.79 Å². The van der Waals surface area contributed by atoms with Crippen molar-refractivity contribution in [2.24, 2.45) is 0 Å². The maximum atomic E-state index is 10.7. The second-order valence-corrected chi connectivity index (χ2v) is 3.67. The van der Waals surface area contributed by atoms with E-state index >= 15 is 0 Å². The topological polar surface area (TPSA) is 40.5 Å². The molecular formula is C8H14BrNO2. The SMILES string of the molecule is O=C(O)N(CBr)C1CCCCC1. The average Bonchev–Trinajstić information content (AvgIpc) is 2.07. The lowest BCUT2D eigenvalue weighted by Gasteiger charge is -2.30. The van der Waals surface area contributed by atoms with Crippen molar-refractivity contribution in [3.8, 4) is 0 Å². The minimum atomic E-state index is -0.807. The zero-order chi connectivity index (χ0) is 8.97. The Balaban J connectivity index is 2.46. The molecule has 1 saturated carbocycles. The highest BCUT2D eigenvalue weighted by Crippen LogP contribution is 2.22. The van der Waals surface area contributed by atoms with Gasteiger partial charge < -0.3 is 5.11 Å². The van der Waals surface area contributed by atoms with E-state index in [0.717, 1.165) is 12.8 Å². The van der Waals surface area contributed by atoms with Crippen LogP contribution < -0.4 is 0 Å². The summed E-state index contributed by atoms with van der Waals surface area (Å²) in [5.41, 5.74) is 0.438. The number of carbonyl (C=O) groups is 1. The molecule has 0 saturated heterocycles. The quantitative estimate of drug-likeness (QED) is 0.591. The number of hydrogen-bond donors (Lipinski definition) is 1. The molecule has 12 heavy (non-hydrogen) atoms. The van der Waals surface area contributed by atoms with Crippen LogP contribution in [0.2, 0.25) is 0 Å². The second-order valence-electron chi connectivity index (χ2n) is 3.16. The minimum absolute atomic E-state index is 0.246. The first-order valence-electron chi connectivity index (χ1n) is 4.31. The Morgan fingerprint density at radius 2 is 2.00 bits per heavy atom. The van der Waals surface area contributed by atoms with E-state index in [-0.39, 0.29) is 6.04 Å². The molecule has 0 atom stereocenters. The highest BCUT2D eigenvalue weighted by molar-refractivity contribution is 9.09. The predicted molar refractivity (Wildman–Crippen MR) is 50.5 cm³/mol. The minimum Gasteiger partial charge on any atom is -0.465 e. The predicted octanol–water partition coefficient (Wildman–Crippen LogP) is 2.65. The Morgan fingerprint density at radius 1 is 1.42 bits per heavy atom. The van der Waals surface area contributed by atoms with Crippen molar-refractivity contribution in [2.75, 3.05) is 5.45 Å². The van der Waals surface area contributed by atoms with E-state index in [1.165, 1.54) is 24.2 Å². The summed E-state index contributed by atoms with van der Waals surface area (Å²) in [6.45, 7) is 0. The van der Waals surface area contributed by atoms with Gasteiger partial charge in [0.1, 0.15) is 0 Å². The third-order valence-electron chi connectivity index (χ3n) is 2.39. The number of carboxylic acid groups (broad SMARTS) is 1. The molecule has 1 rings (SSSR count). The molecule has 0 heterocycles. The van der Waals surface area contributed by atoms with Gasteiger partial charge in [-0.1, -0.05) is 35.2 Å². The molecule has 1 aliphatic carbocycles. The van der Waals surface area contributed by atoms with Crippen LogP contribution in [0, 0.1) is 0 Å². The summed E-state index contributed by atoms with van der Waals surface area (Å²) in [6.07, 6.45) is 4.84. The molecule has 0 spiro atoms. The molecule has 0 unspecified atom stereocenters. The van der Waals surface area contributed by atoms with Gasteiger partial charge in [-0.3, -0.25) is 4.90 Å². The Labute approximate surface area is 80.9 Å². The van der Waals surface area contributed by atoms with Crippen molar-refractivity contribution in [1.29, 1.82) is 0 Å². The lowest BCUT2D eigenvalue weighted by molar-refractivity contribution is 0.124. The van der Waals surface area contributed by atoms with Gasteiger partial charge in [-0.05, 0) is 12.8 Å². The van der Waals surface area contributed by atoms with E-state index in [2.05, 4.69) is 15.9 Å². The van der Waals surface area contributed by atoms with E-state index in [4.69, 9.17) is 5.11 Å². The van der Waals surface area contributed by atoms with E-state index in [1.54, 1.807) is 0 Å². The molecule has 1 N–H and O–H groups in total. The lowest BCUT2D eigenvalue weighted by atomic mass is 9.95. The number of amides is 1. The van der Waals surface area contributed by atoms with Gasteiger partial charge in [0.2, 0.25) is 0 Å². The maximum absolute atomic E-state index is 10.7. The van der Waals surface area contributed by atoms with Gasteiger partial charge in [0.25, 0.3) is 0 Å². The van der Waals surface area contributed by atoms with Crippen LogP contribution in [0.5, 0.6) is 0 Å². The summed E-state index contributed by atoms with van der Waals surface area (Å²) in [5, 5.41) is 8.82. The van der Waals surface area contributed by atoms with Crippen LogP contribution in [0.3, 0.4) is 0 Å². The van der Waals surface area contributed by atoms with Crippen LogP contribution >= 0.6 is 15.9 Å². The molecule has 1 fully saturated rings. The largest absolute Gasteiger partial charge is 0.465 e. The molecule has 0 aromatic carbocycles. The summed E-state index contributed by atoms with van der Waals surface area (Å²) >= 11 is 3.20. The lowest BCUT2D eigenvalue weighted by Crippen LogP contribution is -2.39. The van der Waals surface area contributed by atoms with Crippen molar-refractivity contribution in [1.82, 2.24) is 4.90 Å². The standard InChI is InChI=1S/C8H14BrNO2/c9-6-10(8(11)12)7-4-2-1-3-5-7/h7H,1-6H2,(H,11,12). The highest BCUT2D eigenvalue weighted by Gasteiger charge is 2.23. The molecular weight excluding hydrogens is 222 g/mol. The smallest absolute Gasteiger partial charge is 0.408 e. The number of rotatable bonds is 2. The summed E-state index contributed by atoms with van der Waals surface area (Å²) in [7, 11) is 0. The molecule has 1 amide bonds. The third-order valence-corrected chi connectivity index (χ3v) is 2.93. The van der Waals surface area contributed by atoms with Gasteiger partial charge in [-0.2, -0.15) is 0 Å². The monoisotopic (exact) mass is 235 g/mol. The van der Waals surface area contributed by atoms with Gasteiger partial charge in [-0.15, -0.1) is 0 Å². The molecule has 0 radical (unpaired) electrons. The Kier molecular flexibility index (Phi) is 3.85. The Bertz CT molecular complexity index is 157. The summed E-state index contributed by atoms with van der Waals surface area (Å²) in [4.78, 5) is 12.2. The number of nitrogens with zero attached hydrogens (tertiary/aromatic N) is 1. The fraction of sp³-hybridized carbons (Fsp3) is 0.875. The van der Waals surface area contributed by atoms with Crippen LogP contribution in [0.15, 0.2) is 0 Å². The molecule has 3 nitrogen and oxygen atoms in total. The fourth-order valence-corrected chi connectivity index (χ4v) is 2.32. The van der Waals surface area contributed by atoms with Crippen molar-refractivity contribution in [2.45, 2.75) is 38.1 Å². The fourth-order valence-electron chi connectivity index (χ4n) is 1.70. The zero-order valence-corrected chi connectivity index (χ0v) is 8.59. The van der Waals surface area contributed by atoms with Gasteiger partial charge >= 0.3 is 6.09 Å². The van der Waals surface area contributed by atoms with Crippen LogP contribution in [-0.4, -0.2) is 27.6 Å². The van der Waals surface area contributed by atoms with Crippen LogP contribution in [-0.2, 0) is 0 Å². The van der Waals surface area contributed by atoms with Gasteiger partial charge in [0, 0.05) is 6.04 Å². The maximum Gasteiger partial charge on any atom is 0.408 e. The van der Waals surface area contributed by atoms with E-state index in [0.29, 0.717) is 5.45 Å². The molecule has 1 aliphatic rings. The molecule has 0 bridgehead atoms.